The maximum atomic E-state index is 14.3. The molecule has 3 saturated heterocycles. The minimum Gasteiger partial charge on any atom is -0.463 e. The van der Waals surface area contributed by atoms with E-state index in [-0.39, 0.29) is 197 Å². The zero-order valence-electron chi connectivity index (χ0n) is 67.3. The van der Waals surface area contributed by atoms with Gasteiger partial charge in [-0.1, -0.05) is 41.5 Å². The maximum absolute atomic E-state index is 14.3. The molecule has 0 bridgehead atoms. The van der Waals surface area contributed by atoms with Crippen LogP contribution in [0.25, 0.3) is 0 Å². The van der Waals surface area contributed by atoms with Crippen LogP contribution in [0.3, 0.4) is 0 Å². The average Bonchev–Trinajstić information content (AvgIpc) is 0.893. The number of nitrogens with zero attached hydrogens (tertiary/aromatic N) is 2. The molecule has 0 aromatic heterocycles. The number of nitrogens with one attached hydrogen (secondary N) is 7. The lowest BCUT2D eigenvalue weighted by Crippen LogP contribution is -2.62. The summed E-state index contributed by atoms with van der Waals surface area (Å²) in [5.41, 5.74) is 0. The fraction of sp³-hybridized carbons (Fsp3) is 0.838. The molecule has 4 fully saturated rings. The zero-order valence-corrected chi connectivity index (χ0v) is 68.2. The van der Waals surface area contributed by atoms with Crippen molar-refractivity contribution < 1.29 is 123 Å². The molecule has 1 aliphatic carbocycles. The summed E-state index contributed by atoms with van der Waals surface area (Å²) in [4.78, 5) is 142. The number of ether oxygens (including phenoxy) is 13. The number of hydrogen-bond donors (Lipinski definition) is 7. The van der Waals surface area contributed by atoms with Crippen molar-refractivity contribution in [3.05, 3.63) is 0 Å². The SMILES string of the molecule is CC[C@H]1OC(OCCOCCNC(=O)CCC(NC(=O)CCC(NC(=O)C2CCC(OP(OCCC#N)N(C(C)C)C(C)C)CC2)C(=O)NCCOCCOC2O[C@H](COC(C)=O)[C@H](C)[C@H](C)[C@H]2NC(C)=O)C(=O)NCCOCCOC2O[C@H](COC(C)=O)[C@H](OC(C)=O)[C@H](C)C2C)[C@H](NC(C)=O)[C@@H](OC(C)=O)[C@H]1C. The number of carbonyl (C=O) groups is 11. The summed E-state index contributed by atoms with van der Waals surface area (Å²) in [6.07, 6.45) is -4.32. The summed E-state index contributed by atoms with van der Waals surface area (Å²) in [6.45, 7) is 27.7. The van der Waals surface area contributed by atoms with Crippen LogP contribution in [0.15, 0.2) is 0 Å². The highest BCUT2D eigenvalue weighted by Crippen LogP contribution is 2.49. The first-order valence-electron chi connectivity index (χ1n) is 38.6. The van der Waals surface area contributed by atoms with Crippen LogP contribution < -0.4 is 37.2 Å². The fourth-order valence-corrected chi connectivity index (χ4v) is 15.2. The second kappa shape index (κ2) is 51.4. The minimum atomic E-state index is -1.54. The fourth-order valence-electron chi connectivity index (χ4n) is 13.4. The van der Waals surface area contributed by atoms with Crippen LogP contribution in [0.1, 0.15) is 175 Å². The number of esters is 4. The highest BCUT2D eigenvalue weighted by molar-refractivity contribution is 7.44. The predicted octanol–water partition coefficient (Wildman–Crippen LogP) is 3.58. The lowest BCUT2D eigenvalue weighted by molar-refractivity contribution is -0.275. The molecule has 4 aliphatic rings. The van der Waals surface area contributed by atoms with E-state index in [2.05, 4.69) is 48.0 Å². The average molecular weight is 1590 g/mol. The zero-order chi connectivity index (χ0) is 81.6. The first-order valence-corrected chi connectivity index (χ1v) is 39.8. The van der Waals surface area contributed by atoms with Gasteiger partial charge >= 0.3 is 23.9 Å². The normalized spacial score (nSPS) is 26.9. The third-order valence-electron chi connectivity index (χ3n) is 19.5. The monoisotopic (exact) mass is 1590 g/mol. The van der Waals surface area contributed by atoms with E-state index in [1.165, 1.54) is 41.5 Å². The molecule has 0 spiro atoms. The van der Waals surface area contributed by atoms with Gasteiger partial charge in [-0.3, -0.25) is 52.7 Å². The molecule has 3 aliphatic heterocycles. The van der Waals surface area contributed by atoms with Gasteiger partial charge in [-0.2, -0.15) is 5.26 Å². The van der Waals surface area contributed by atoms with Crippen molar-refractivity contribution in [1.82, 2.24) is 41.9 Å². The highest BCUT2D eigenvalue weighted by atomic mass is 31.2. The molecule has 110 heavy (non-hydrogen) atoms. The first-order chi connectivity index (χ1) is 52.3. The lowest BCUT2D eigenvalue weighted by Gasteiger charge is -2.44. The molecule has 0 radical (unpaired) electrons. The molecule has 18 atom stereocenters. The summed E-state index contributed by atoms with van der Waals surface area (Å²) < 4.78 is 90.4. The summed E-state index contributed by atoms with van der Waals surface area (Å²) in [6, 6.07) is -1.59. The quantitative estimate of drug-likeness (QED) is 0.0198. The standard InChI is InChI=1S/C74H126N9O26P/c1-17-60-49(10)68(105-55(16)89)66(80-51(12)85)74(106-60)100-40-37-95-32-28-76-63(90)25-23-58(70(93)77-29-33-96-35-38-98-72-48(9)47(8)67(104-54(15)88)62(108-72)42-102-53(14)87)81-64(91)26-24-59(82-69(92)56-19-21-57(22-20-56)109-110(103-31-18-27-75)83(43(2)3)44(4)5)71(94)78-30-34-97-36-39-99-73-65(79-50(11)84)46(7)45(6)61(107-73)41-101-52(13)86/h43-49,56-62,65-68,72-74H,17-26,28-42H2,1-16H3,(H,76,90)(H,77,93)(H,78,94)(H,79,84)(H,80,85)(H,81,91)(H,82,92)/t45-,46+,47-,48?,49+,56?,57?,58?,59?,60-,61-,62-,65-,66-,67-,68+,72?,73?,74?,110?/m1/s1. The van der Waals surface area contributed by atoms with Gasteiger partial charge in [-0.25, -0.2) is 4.67 Å². The topological polar surface area (TPSA) is 437 Å². The maximum Gasteiger partial charge on any atom is 0.303 e. The van der Waals surface area contributed by atoms with Crippen molar-refractivity contribution in [3.63, 3.8) is 0 Å². The first kappa shape index (κ1) is 96.0. The molecule has 4 rings (SSSR count). The molecule has 0 aromatic rings. The molecule has 35 nitrogen and oxygen atoms in total. The smallest absolute Gasteiger partial charge is 0.303 e. The molecule has 0 aromatic carbocycles. The third-order valence-corrected chi connectivity index (χ3v) is 21.7. The van der Waals surface area contributed by atoms with Crippen LogP contribution in [0.5, 0.6) is 0 Å². The van der Waals surface area contributed by atoms with E-state index in [0.29, 0.717) is 32.1 Å². The van der Waals surface area contributed by atoms with Crippen LogP contribution in [0, 0.1) is 46.8 Å². The molecule has 628 valence electrons. The molecule has 7 amide bonds. The summed E-state index contributed by atoms with van der Waals surface area (Å²) in [7, 11) is -1.54. The van der Waals surface area contributed by atoms with E-state index >= 15 is 0 Å². The Morgan fingerprint density at radius 2 is 0.973 bits per heavy atom. The second-order valence-electron chi connectivity index (χ2n) is 28.8. The van der Waals surface area contributed by atoms with E-state index in [0.717, 1.165) is 0 Å². The Balaban J connectivity index is 1.44. The molecule has 3 heterocycles. The van der Waals surface area contributed by atoms with E-state index in [1.54, 1.807) is 0 Å². The van der Waals surface area contributed by atoms with Crippen LogP contribution in [0.4, 0.5) is 0 Å². The van der Waals surface area contributed by atoms with Crippen LogP contribution in [0.2, 0.25) is 0 Å². The number of carbonyl (C=O) groups excluding carboxylic acids is 11. The van der Waals surface area contributed by atoms with Crippen molar-refractivity contribution in [1.29, 1.82) is 5.26 Å². The van der Waals surface area contributed by atoms with E-state index in [9.17, 15) is 58.0 Å². The minimum absolute atomic E-state index is 0.00306. The van der Waals surface area contributed by atoms with Crippen molar-refractivity contribution in [2.24, 2.45) is 35.5 Å². The Morgan fingerprint density at radius 1 is 0.500 bits per heavy atom. The Bertz CT molecular complexity index is 2900. The molecular weight excluding hydrogens is 1460 g/mol. The Hall–Kier alpha value is -6.39. The van der Waals surface area contributed by atoms with Crippen molar-refractivity contribution in [2.75, 3.05) is 98.9 Å². The number of amides is 7. The Morgan fingerprint density at radius 3 is 1.48 bits per heavy atom. The third kappa shape index (κ3) is 34.5. The molecule has 7 N–H and O–H groups in total. The van der Waals surface area contributed by atoms with Gasteiger partial charge in [0, 0.05) is 110 Å². The summed E-state index contributed by atoms with van der Waals surface area (Å²) >= 11 is 0. The van der Waals surface area contributed by atoms with Crippen LogP contribution >= 0.6 is 8.53 Å². The van der Waals surface area contributed by atoms with E-state index < -0.39 is 135 Å². The van der Waals surface area contributed by atoms with Gasteiger partial charge in [-0.05, 0) is 84.5 Å². The lowest BCUT2D eigenvalue weighted by atomic mass is 9.82. The summed E-state index contributed by atoms with van der Waals surface area (Å²) in [5, 5.41) is 28.9. The Labute approximate surface area is 649 Å². The molecule has 36 heteroatoms. The Kier molecular flexibility index (Phi) is 44.8. The van der Waals surface area contributed by atoms with Gasteiger partial charge in [0.05, 0.1) is 103 Å². The molecule has 1 saturated carbocycles. The van der Waals surface area contributed by atoms with Gasteiger partial charge in [0.2, 0.25) is 41.4 Å². The van der Waals surface area contributed by atoms with Gasteiger partial charge in [0.25, 0.3) is 8.53 Å². The molecular formula is C74H126N9O26P. The van der Waals surface area contributed by atoms with Gasteiger partial charge < -0.3 is 108 Å². The molecule has 7 unspecified atom stereocenters. The number of hydrogen-bond acceptors (Lipinski definition) is 28. The predicted molar refractivity (Wildman–Crippen MR) is 395 cm³/mol. The van der Waals surface area contributed by atoms with Gasteiger partial charge in [0.1, 0.15) is 49.7 Å². The largest absolute Gasteiger partial charge is 0.463 e. The number of nitriles is 1. The highest BCUT2D eigenvalue weighted by Gasteiger charge is 2.48. The summed E-state index contributed by atoms with van der Waals surface area (Å²) in [5.74, 6) is -7.03. The van der Waals surface area contributed by atoms with E-state index in [4.69, 9.17) is 70.6 Å². The van der Waals surface area contributed by atoms with Crippen molar-refractivity contribution >= 4 is 73.8 Å². The van der Waals surface area contributed by atoms with Crippen molar-refractivity contribution in [3.8, 4) is 6.07 Å². The van der Waals surface area contributed by atoms with E-state index in [1.807, 2.05) is 69.2 Å². The van der Waals surface area contributed by atoms with Crippen LogP contribution in [-0.4, -0.2) is 261 Å². The second-order valence-corrected chi connectivity index (χ2v) is 30.2. The van der Waals surface area contributed by atoms with Gasteiger partial charge in [-0.15, -0.1) is 0 Å². The van der Waals surface area contributed by atoms with Crippen LogP contribution in [-0.2, 0) is 123 Å². The van der Waals surface area contributed by atoms with Crippen molar-refractivity contribution in [2.45, 2.75) is 267 Å². The van der Waals surface area contributed by atoms with Gasteiger partial charge in [0.15, 0.2) is 18.9 Å². The number of rotatable bonds is 49.